The Hall–Kier alpha value is -2.72. The maximum atomic E-state index is 12.4. The summed E-state index contributed by atoms with van der Waals surface area (Å²) in [5, 5.41) is 22.8. The third-order valence-electron chi connectivity index (χ3n) is 4.19. The molecule has 0 spiro atoms. The van der Waals surface area contributed by atoms with Crippen molar-refractivity contribution >= 4 is 45.0 Å². The lowest BCUT2D eigenvalue weighted by Crippen LogP contribution is -2.15. The van der Waals surface area contributed by atoms with E-state index in [2.05, 4.69) is 31.4 Å². The van der Waals surface area contributed by atoms with Gasteiger partial charge in [-0.15, -0.1) is 10.2 Å². The van der Waals surface area contributed by atoms with Crippen LogP contribution >= 0.6 is 27.7 Å². The minimum atomic E-state index is -0.489. The van der Waals surface area contributed by atoms with Crippen molar-refractivity contribution in [3.8, 4) is 11.4 Å². The quantitative estimate of drug-likeness (QED) is 0.302. The first kappa shape index (κ1) is 21.0. The molecule has 1 N–H and O–H groups in total. The number of amides is 1. The van der Waals surface area contributed by atoms with Gasteiger partial charge >= 0.3 is 0 Å². The van der Waals surface area contributed by atoms with Crippen LogP contribution in [-0.2, 0) is 11.3 Å². The number of rotatable bonds is 7. The predicted molar refractivity (Wildman–Crippen MR) is 116 cm³/mol. The highest BCUT2D eigenvalue weighted by Crippen LogP contribution is 2.29. The number of benzene rings is 2. The number of nitro benzene ring substituents is 1. The average molecular weight is 476 g/mol. The second-order valence-electron chi connectivity index (χ2n) is 6.12. The van der Waals surface area contributed by atoms with Crippen molar-refractivity contribution in [2.75, 3.05) is 11.1 Å². The molecule has 1 heterocycles. The van der Waals surface area contributed by atoms with Crippen LogP contribution in [0.5, 0.6) is 0 Å². The average Bonchev–Trinajstić information content (AvgIpc) is 3.11. The summed E-state index contributed by atoms with van der Waals surface area (Å²) in [6, 6.07) is 12.1. The van der Waals surface area contributed by atoms with E-state index in [9.17, 15) is 14.9 Å². The van der Waals surface area contributed by atoms with Crippen LogP contribution in [0.3, 0.4) is 0 Å². The van der Waals surface area contributed by atoms with Crippen LogP contribution in [0.15, 0.2) is 52.1 Å². The minimum absolute atomic E-state index is 0.0673. The van der Waals surface area contributed by atoms with Gasteiger partial charge in [0.05, 0.1) is 16.4 Å². The fourth-order valence-corrected chi connectivity index (χ4v) is 3.96. The standard InChI is InChI=1S/C19H18BrN5O3S/c1-3-24-18(14-6-4-5-7-15(14)20)22-23-19(24)29-11-17(26)21-16-10-13(25(27)28)9-8-12(16)2/h4-10H,3,11H2,1-2H3,(H,21,26). The van der Waals surface area contributed by atoms with Gasteiger partial charge in [-0.25, -0.2) is 0 Å². The number of aromatic nitrogens is 3. The lowest BCUT2D eigenvalue weighted by molar-refractivity contribution is -0.384. The van der Waals surface area contributed by atoms with Crippen molar-refractivity contribution in [1.82, 2.24) is 14.8 Å². The first-order valence-electron chi connectivity index (χ1n) is 8.76. The normalized spacial score (nSPS) is 10.7. The van der Waals surface area contributed by atoms with Crippen molar-refractivity contribution in [3.63, 3.8) is 0 Å². The number of nitrogens with zero attached hydrogens (tertiary/aromatic N) is 4. The summed E-state index contributed by atoms with van der Waals surface area (Å²) in [7, 11) is 0. The molecule has 8 nitrogen and oxygen atoms in total. The van der Waals surface area contributed by atoms with Gasteiger partial charge in [0.1, 0.15) is 0 Å². The van der Waals surface area contributed by atoms with Gasteiger partial charge in [0.15, 0.2) is 11.0 Å². The van der Waals surface area contributed by atoms with Crippen molar-refractivity contribution < 1.29 is 9.72 Å². The highest BCUT2D eigenvalue weighted by atomic mass is 79.9. The molecule has 0 aliphatic rings. The van der Waals surface area contributed by atoms with Gasteiger partial charge in [-0.3, -0.25) is 14.9 Å². The molecule has 0 aliphatic carbocycles. The van der Waals surface area contributed by atoms with Crippen LogP contribution in [0.1, 0.15) is 12.5 Å². The Morgan fingerprint density at radius 2 is 2.03 bits per heavy atom. The molecule has 0 fully saturated rings. The maximum absolute atomic E-state index is 12.4. The number of hydrogen-bond donors (Lipinski definition) is 1. The smallest absolute Gasteiger partial charge is 0.271 e. The Labute approximate surface area is 180 Å². The van der Waals surface area contributed by atoms with Gasteiger partial charge in [0.25, 0.3) is 5.69 Å². The van der Waals surface area contributed by atoms with Gasteiger partial charge in [-0.1, -0.05) is 52.0 Å². The summed E-state index contributed by atoms with van der Waals surface area (Å²) >= 11 is 4.79. The SMILES string of the molecule is CCn1c(SCC(=O)Nc2cc([N+](=O)[O-])ccc2C)nnc1-c1ccccc1Br. The second-order valence-corrected chi connectivity index (χ2v) is 7.92. The number of nitrogens with one attached hydrogen (secondary N) is 1. The second kappa shape index (κ2) is 9.19. The Balaban J connectivity index is 1.72. The summed E-state index contributed by atoms with van der Waals surface area (Å²) in [5.41, 5.74) is 2.03. The molecule has 0 atom stereocenters. The molecular formula is C19H18BrN5O3S. The van der Waals surface area contributed by atoms with Crippen LogP contribution in [0, 0.1) is 17.0 Å². The number of carbonyl (C=O) groups is 1. The van der Waals surface area contributed by atoms with Crippen molar-refractivity contribution in [3.05, 3.63) is 62.6 Å². The fraction of sp³-hybridized carbons (Fsp3) is 0.211. The molecule has 1 amide bonds. The topological polar surface area (TPSA) is 103 Å². The van der Waals surface area contributed by atoms with E-state index in [1.165, 1.54) is 23.9 Å². The van der Waals surface area contributed by atoms with Crippen LogP contribution in [0.25, 0.3) is 11.4 Å². The lowest BCUT2D eigenvalue weighted by atomic mass is 10.2. The molecule has 10 heteroatoms. The van der Waals surface area contributed by atoms with Crippen LogP contribution in [-0.4, -0.2) is 31.3 Å². The monoisotopic (exact) mass is 475 g/mol. The number of anilines is 1. The summed E-state index contributed by atoms with van der Waals surface area (Å²) in [5.74, 6) is 0.556. The maximum Gasteiger partial charge on any atom is 0.271 e. The molecule has 0 radical (unpaired) electrons. The number of halogens is 1. The third kappa shape index (κ3) is 4.83. The molecule has 2 aromatic carbocycles. The van der Waals surface area contributed by atoms with Crippen molar-refractivity contribution in [2.45, 2.75) is 25.5 Å². The zero-order chi connectivity index (χ0) is 21.0. The Bertz CT molecular complexity index is 1070. The lowest BCUT2D eigenvalue weighted by Gasteiger charge is -2.10. The zero-order valence-corrected chi connectivity index (χ0v) is 18.2. The third-order valence-corrected chi connectivity index (χ3v) is 5.84. The largest absolute Gasteiger partial charge is 0.325 e. The predicted octanol–water partition coefficient (Wildman–Crippen LogP) is 4.67. The Morgan fingerprint density at radius 3 is 2.72 bits per heavy atom. The van der Waals surface area contributed by atoms with Gasteiger partial charge in [0.2, 0.25) is 5.91 Å². The summed E-state index contributed by atoms with van der Waals surface area (Å²) in [6.45, 7) is 4.42. The molecule has 150 valence electrons. The summed E-state index contributed by atoms with van der Waals surface area (Å²) < 4.78 is 2.86. The number of nitro groups is 1. The fourth-order valence-electron chi connectivity index (χ4n) is 2.70. The summed E-state index contributed by atoms with van der Waals surface area (Å²) in [4.78, 5) is 22.8. The van der Waals surface area contributed by atoms with E-state index in [0.29, 0.717) is 17.4 Å². The van der Waals surface area contributed by atoms with Crippen LogP contribution < -0.4 is 5.32 Å². The molecule has 0 unspecified atom stereocenters. The highest BCUT2D eigenvalue weighted by molar-refractivity contribution is 9.10. The van der Waals surface area contributed by atoms with Crippen LogP contribution in [0.4, 0.5) is 11.4 Å². The van der Waals surface area contributed by atoms with Crippen molar-refractivity contribution in [1.29, 1.82) is 0 Å². The molecular weight excluding hydrogens is 458 g/mol. The van der Waals surface area contributed by atoms with E-state index in [1.807, 2.05) is 35.8 Å². The van der Waals surface area contributed by atoms with Crippen LogP contribution in [0.2, 0.25) is 0 Å². The molecule has 0 saturated heterocycles. The van der Waals surface area contributed by atoms with E-state index in [1.54, 1.807) is 13.0 Å². The van der Waals surface area contributed by atoms with E-state index >= 15 is 0 Å². The van der Waals surface area contributed by atoms with Crippen molar-refractivity contribution in [2.24, 2.45) is 0 Å². The minimum Gasteiger partial charge on any atom is -0.325 e. The Kier molecular flexibility index (Phi) is 6.65. The zero-order valence-electron chi connectivity index (χ0n) is 15.8. The molecule has 0 bridgehead atoms. The first-order valence-corrected chi connectivity index (χ1v) is 10.5. The summed E-state index contributed by atoms with van der Waals surface area (Å²) in [6.07, 6.45) is 0. The van der Waals surface area contributed by atoms with Gasteiger partial charge < -0.3 is 9.88 Å². The number of non-ortho nitro benzene ring substituents is 1. The van der Waals surface area contributed by atoms with Gasteiger partial charge in [-0.05, 0) is 25.5 Å². The van der Waals surface area contributed by atoms with E-state index in [4.69, 9.17) is 0 Å². The van der Waals surface area contributed by atoms with Gasteiger partial charge in [0, 0.05) is 28.7 Å². The molecule has 3 aromatic rings. The van der Waals surface area contributed by atoms with E-state index < -0.39 is 4.92 Å². The number of aryl methyl sites for hydroxylation is 1. The first-order chi connectivity index (χ1) is 13.9. The van der Waals surface area contributed by atoms with E-state index in [-0.39, 0.29) is 17.3 Å². The highest BCUT2D eigenvalue weighted by Gasteiger charge is 2.17. The number of thioether (sulfide) groups is 1. The number of hydrogen-bond acceptors (Lipinski definition) is 6. The van der Waals surface area contributed by atoms with E-state index in [0.717, 1.165) is 21.4 Å². The van der Waals surface area contributed by atoms with Gasteiger partial charge in [-0.2, -0.15) is 0 Å². The molecule has 3 rings (SSSR count). The molecule has 0 aliphatic heterocycles. The number of carbonyl (C=O) groups excluding carboxylic acids is 1. The Morgan fingerprint density at radius 1 is 1.28 bits per heavy atom. The molecule has 0 saturated carbocycles. The molecule has 29 heavy (non-hydrogen) atoms. The molecule has 1 aromatic heterocycles.